The van der Waals surface area contributed by atoms with Crippen molar-refractivity contribution >= 4 is 25.8 Å². The first-order valence-corrected chi connectivity index (χ1v) is 3.84. The predicted molar refractivity (Wildman–Crippen MR) is 53.4 cm³/mol. The molecule has 0 atom stereocenters. The molecule has 3 heteroatoms. The molecule has 1 N–H and O–H groups in total. The van der Waals surface area contributed by atoms with Gasteiger partial charge in [-0.05, 0) is 43.5 Å². The maximum atomic E-state index is 10.7. The molecule has 0 aliphatic heterocycles. The number of aromatic carboxylic acids is 1. The van der Waals surface area contributed by atoms with Gasteiger partial charge in [0.15, 0.2) is 0 Å². The second-order valence-electron chi connectivity index (χ2n) is 2.99. The van der Waals surface area contributed by atoms with E-state index in [0.29, 0.717) is 5.56 Å². The van der Waals surface area contributed by atoms with Crippen LogP contribution in [0.3, 0.4) is 0 Å². The summed E-state index contributed by atoms with van der Waals surface area (Å²) in [6.45, 7) is 5.76. The average Bonchev–Trinajstić information content (AvgIpc) is 2.00. The molecule has 0 unspecified atom stereocenters. The van der Waals surface area contributed by atoms with Crippen molar-refractivity contribution in [2.45, 2.75) is 20.8 Å². The minimum Gasteiger partial charge on any atom is -0.478 e. The zero-order chi connectivity index (χ0) is 9.30. The molecule has 0 spiro atoms. The van der Waals surface area contributed by atoms with Crippen molar-refractivity contribution in [3.05, 3.63) is 34.4 Å². The first kappa shape index (κ1) is 12.3. The number of carboxylic acids is 1. The molecule has 67 valence electrons. The Morgan fingerprint density at radius 3 is 2.15 bits per heavy atom. The van der Waals surface area contributed by atoms with E-state index in [1.54, 1.807) is 6.07 Å². The first-order valence-electron chi connectivity index (χ1n) is 3.84. The normalized spacial score (nSPS) is 9.15. The minimum absolute atomic E-state index is 0. The van der Waals surface area contributed by atoms with E-state index >= 15 is 0 Å². The van der Waals surface area contributed by atoms with E-state index in [4.69, 9.17) is 5.11 Å². The van der Waals surface area contributed by atoms with Crippen molar-refractivity contribution in [1.29, 1.82) is 0 Å². The number of carboxylic acid groups (broad SMARTS) is 1. The topological polar surface area (TPSA) is 37.3 Å². The largest absolute Gasteiger partial charge is 0.478 e. The summed E-state index contributed by atoms with van der Waals surface area (Å²) in [5.74, 6) is -0.851. The maximum Gasteiger partial charge on any atom is 0.335 e. The Balaban J connectivity index is 0.00000144. The molecule has 0 saturated heterocycles. The van der Waals surface area contributed by atoms with E-state index in [9.17, 15) is 4.79 Å². The van der Waals surface area contributed by atoms with Crippen LogP contribution < -0.4 is 0 Å². The monoisotopic (exact) mass is 233 g/mol. The summed E-state index contributed by atoms with van der Waals surface area (Å²) in [5, 5.41) is 8.78. The number of hydrogen-bond donors (Lipinski definition) is 1. The first-order chi connectivity index (χ1) is 5.54. The number of carbonyl (C=O) groups is 1. The Morgan fingerprint density at radius 2 is 1.69 bits per heavy atom. The number of benzene rings is 1. The van der Waals surface area contributed by atoms with Crippen molar-refractivity contribution in [3.63, 3.8) is 0 Å². The number of hydrogen-bond acceptors (Lipinski definition) is 1. The second-order valence-corrected chi connectivity index (χ2v) is 2.99. The fraction of sp³-hybridized carbons (Fsp3) is 0.300. The van der Waals surface area contributed by atoms with Crippen LogP contribution in [0.5, 0.6) is 0 Å². The Morgan fingerprint density at radius 1 is 1.15 bits per heavy atom. The van der Waals surface area contributed by atoms with E-state index in [-0.39, 0.29) is 19.8 Å². The molecule has 2 nitrogen and oxygen atoms in total. The van der Waals surface area contributed by atoms with Crippen LogP contribution in [0.1, 0.15) is 27.0 Å². The van der Waals surface area contributed by atoms with Gasteiger partial charge in [-0.2, -0.15) is 0 Å². The smallest absolute Gasteiger partial charge is 0.335 e. The van der Waals surface area contributed by atoms with Gasteiger partial charge in [0.25, 0.3) is 0 Å². The Bertz CT molecular complexity index is 332. The summed E-state index contributed by atoms with van der Waals surface area (Å²) < 4.78 is 0. The van der Waals surface area contributed by atoms with Gasteiger partial charge in [-0.1, -0.05) is 6.07 Å². The maximum absolute atomic E-state index is 10.7. The summed E-state index contributed by atoms with van der Waals surface area (Å²) >= 11 is 0. The molecule has 0 fully saturated rings. The third kappa shape index (κ3) is 2.38. The quantitative estimate of drug-likeness (QED) is 0.753. The Labute approximate surface area is 91.0 Å². The Kier molecular flexibility index (Phi) is 4.30. The van der Waals surface area contributed by atoms with Gasteiger partial charge in [-0.15, -0.1) is 0 Å². The molecule has 0 saturated carbocycles. The minimum atomic E-state index is -0.851. The molecule has 0 aliphatic rings. The molecular formula is C10H12GaO2. The molecule has 0 aliphatic carbocycles. The van der Waals surface area contributed by atoms with Crippen molar-refractivity contribution in [3.8, 4) is 0 Å². The van der Waals surface area contributed by atoms with Crippen LogP contribution in [0.4, 0.5) is 0 Å². The van der Waals surface area contributed by atoms with Crippen LogP contribution in [0.25, 0.3) is 0 Å². The van der Waals surface area contributed by atoms with Gasteiger partial charge < -0.3 is 5.11 Å². The molecule has 1 rings (SSSR count). The van der Waals surface area contributed by atoms with Crippen LogP contribution in [0.2, 0.25) is 0 Å². The van der Waals surface area contributed by atoms with E-state index < -0.39 is 5.97 Å². The van der Waals surface area contributed by atoms with Gasteiger partial charge in [-0.3, -0.25) is 0 Å². The van der Waals surface area contributed by atoms with E-state index in [0.717, 1.165) is 16.7 Å². The van der Waals surface area contributed by atoms with Gasteiger partial charge in [0, 0.05) is 19.8 Å². The molecule has 0 heterocycles. The molecule has 0 aromatic heterocycles. The number of rotatable bonds is 1. The van der Waals surface area contributed by atoms with Crippen LogP contribution >= 0.6 is 0 Å². The van der Waals surface area contributed by atoms with E-state index in [1.165, 1.54) is 0 Å². The predicted octanol–water partition coefficient (Wildman–Crippen LogP) is 1.93. The van der Waals surface area contributed by atoms with Gasteiger partial charge in [0.2, 0.25) is 0 Å². The van der Waals surface area contributed by atoms with Gasteiger partial charge >= 0.3 is 5.97 Å². The van der Waals surface area contributed by atoms with Crippen molar-refractivity contribution in [2.24, 2.45) is 0 Å². The van der Waals surface area contributed by atoms with Gasteiger partial charge in [-0.25, -0.2) is 4.79 Å². The zero-order valence-corrected chi connectivity index (χ0v) is 10.5. The summed E-state index contributed by atoms with van der Waals surface area (Å²) in [5.41, 5.74) is 3.47. The summed E-state index contributed by atoms with van der Waals surface area (Å²) in [6, 6.07) is 3.49. The van der Waals surface area contributed by atoms with Crippen LogP contribution in [-0.2, 0) is 0 Å². The fourth-order valence-electron chi connectivity index (χ4n) is 1.19. The average molecular weight is 234 g/mol. The van der Waals surface area contributed by atoms with E-state index in [2.05, 4.69) is 0 Å². The molecular weight excluding hydrogens is 222 g/mol. The Hall–Kier alpha value is -0.674. The zero-order valence-electron chi connectivity index (χ0n) is 8.09. The van der Waals surface area contributed by atoms with Gasteiger partial charge in [0.05, 0.1) is 5.56 Å². The number of aryl methyl sites for hydroxylation is 1. The fourth-order valence-corrected chi connectivity index (χ4v) is 1.19. The summed E-state index contributed by atoms with van der Waals surface area (Å²) in [4.78, 5) is 10.7. The van der Waals surface area contributed by atoms with Crippen LogP contribution in [0, 0.1) is 20.8 Å². The SMILES string of the molecule is Cc1ccc(C(=O)O)c(C)c1C.[Ga]. The molecule has 13 heavy (non-hydrogen) atoms. The van der Waals surface area contributed by atoms with E-state index in [1.807, 2.05) is 26.8 Å². The van der Waals surface area contributed by atoms with Crippen molar-refractivity contribution in [2.75, 3.05) is 0 Å². The standard InChI is InChI=1S/C10H12O2.Ga/c1-6-4-5-9(10(11)12)8(3)7(6)2;/h4-5H,1-3H3,(H,11,12);. The molecule has 1 aromatic rings. The van der Waals surface area contributed by atoms with Crippen molar-refractivity contribution in [1.82, 2.24) is 0 Å². The van der Waals surface area contributed by atoms with Gasteiger partial charge in [0.1, 0.15) is 0 Å². The summed E-state index contributed by atoms with van der Waals surface area (Å²) in [7, 11) is 0. The summed E-state index contributed by atoms with van der Waals surface area (Å²) in [6.07, 6.45) is 0. The third-order valence-electron chi connectivity index (χ3n) is 2.29. The molecule has 0 amide bonds. The third-order valence-corrected chi connectivity index (χ3v) is 2.29. The molecule has 3 radical (unpaired) electrons. The molecule has 1 aromatic carbocycles. The second kappa shape index (κ2) is 4.53. The van der Waals surface area contributed by atoms with Crippen LogP contribution in [0.15, 0.2) is 12.1 Å². The van der Waals surface area contributed by atoms with Crippen LogP contribution in [-0.4, -0.2) is 30.9 Å². The molecule has 0 bridgehead atoms. The van der Waals surface area contributed by atoms with Crippen molar-refractivity contribution < 1.29 is 9.90 Å².